The smallest absolute Gasteiger partial charge is 0.325 e. The SMILES string of the molecule is CCOC(=O)CNC(=O)NCc1ccccc1-c1ccc([C@H]2O[C@@H](Cn3cnc4ccccc43)[C@@H](C)[C@@H](c3ccc(CO)cc3)O2)cc1. The second-order valence-corrected chi connectivity index (χ2v) is 11.8. The molecular weight excluding hydrogens is 608 g/mol. The Labute approximate surface area is 279 Å². The van der Waals surface area contributed by atoms with E-state index in [0.29, 0.717) is 6.54 Å². The summed E-state index contributed by atoms with van der Waals surface area (Å²) in [6.45, 7) is 4.80. The summed E-state index contributed by atoms with van der Waals surface area (Å²) in [5.41, 5.74) is 7.62. The minimum absolute atomic E-state index is 0.0162. The molecule has 3 N–H and O–H groups in total. The van der Waals surface area contributed by atoms with Crippen LogP contribution >= 0.6 is 0 Å². The van der Waals surface area contributed by atoms with Crippen LogP contribution in [0.15, 0.2) is 103 Å². The van der Waals surface area contributed by atoms with Crippen LogP contribution < -0.4 is 10.6 Å². The molecule has 0 spiro atoms. The third-order valence-electron chi connectivity index (χ3n) is 8.68. The first-order chi connectivity index (χ1) is 23.4. The molecule has 0 saturated carbocycles. The summed E-state index contributed by atoms with van der Waals surface area (Å²) in [6.07, 6.45) is 0.835. The summed E-state index contributed by atoms with van der Waals surface area (Å²) < 4.78 is 20.4. The van der Waals surface area contributed by atoms with Gasteiger partial charge in [0.15, 0.2) is 6.29 Å². The second-order valence-electron chi connectivity index (χ2n) is 11.8. The molecule has 0 aliphatic carbocycles. The van der Waals surface area contributed by atoms with Crippen molar-refractivity contribution in [2.75, 3.05) is 13.2 Å². The number of carbonyl (C=O) groups excluding carboxylic acids is 2. The number of rotatable bonds is 11. The largest absolute Gasteiger partial charge is 0.465 e. The Balaban J connectivity index is 1.21. The van der Waals surface area contributed by atoms with Gasteiger partial charge in [-0.2, -0.15) is 0 Å². The summed E-state index contributed by atoms with van der Waals surface area (Å²) in [5, 5.41) is 14.9. The fourth-order valence-corrected chi connectivity index (χ4v) is 6.06. The van der Waals surface area contributed by atoms with Crippen molar-refractivity contribution in [2.24, 2.45) is 5.92 Å². The molecule has 248 valence electrons. The molecule has 5 aromatic rings. The normalized spacial score (nSPS) is 19.1. The van der Waals surface area contributed by atoms with Crippen LogP contribution in [0, 0.1) is 5.92 Å². The standard InChI is InChI=1S/C38H40N4O6/c1-3-46-35(44)21-40-38(45)39-20-30-8-4-5-9-31(30)27-16-18-29(19-17-27)37-47-34(22-42-24-41-32-10-6-7-11-33(32)42)25(2)36(48-37)28-14-12-26(23-43)13-15-28/h4-19,24-25,34,36-37,43H,3,20-23H2,1-2H3,(H2,39,40,45)/t25-,34+,36+,37+/m1/s1. The Bertz CT molecular complexity index is 1840. The van der Waals surface area contributed by atoms with Gasteiger partial charge in [0.2, 0.25) is 0 Å². The van der Waals surface area contributed by atoms with Gasteiger partial charge in [-0.1, -0.05) is 91.9 Å². The Hall–Kier alpha value is -5.03. The minimum atomic E-state index is -0.613. The van der Waals surface area contributed by atoms with Crippen molar-refractivity contribution in [3.8, 4) is 11.1 Å². The van der Waals surface area contributed by atoms with E-state index in [1.54, 1.807) is 6.92 Å². The van der Waals surface area contributed by atoms with Gasteiger partial charge in [-0.25, -0.2) is 9.78 Å². The fourth-order valence-electron chi connectivity index (χ4n) is 6.06. The number of aliphatic hydroxyl groups is 1. The zero-order valence-corrected chi connectivity index (χ0v) is 27.0. The fraction of sp³-hybridized carbons (Fsp3) is 0.289. The van der Waals surface area contributed by atoms with E-state index < -0.39 is 18.3 Å². The highest BCUT2D eigenvalue weighted by molar-refractivity contribution is 5.81. The monoisotopic (exact) mass is 648 g/mol. The van der Waals surface area contributed by atoms with E-state index in [2.05, 4.69) is 33.2 Å². The van der Waals surface area contributed by atoms with Crippen molar-refractivity contribution in [1.29, 1.82) is 0 Å². The number of amides is 2. The number of nitrogens with one attached hydrogen (secondary N) is 2. The maximum Gasteiger partial charge on any atom is 0.325 e. The predicted octanol–water partition coefficient (Wildman–Crippen LogP) is 6.05. The van der Waals surface area contributed by atoms with Gasteiger partial charge in [-0.05, 0) is 46.9 Å². The summed E-state index contributed by atoms with van der Waals surface area (Å²) >= 11 is 0. The Morgan fingerprint density at radius 2 is 1.62 bits per heavy atom. The number of urea groups is 1. The number of aromatic nitrogens is 2. The van der Waals surface area contributed by atoms with Crippen LogP contribution in [-0.4, -0.2) is 45.9 Å². The number of hydrogen-bond donors (Lipinski definition) is 3. The number of aliphatic hydroxyl groups excluding tert-OH is 1. The molecule has 0 unspecified atom stereocenters. The molecule has 1 aliphatic heterocycles. The number of hydrogen-bond acceptors (Lipinski definition) is 7. The summed E-state index contributed by atoms with van der Waals surface area (Å²) in [5.74, 6) is -0.462. The van der Waals surface area contributed by atoms with Crippen LogP contribution in [0.3, 0.4) is 0 Å². The minimum Gasteiger partial charge on any atom is -0.465 e. The van der Waals surface area contributed by atoms with E-state index in [9.17, 15) is 14.7 Å². The summed E-state index contributed by atoms with van der Waals surface area (Å²) in [6, 6.07) is 31.5. The lowest BCUT2D eigenvalue weighted by Crippen LogP contribution is -2.39. The number of nitrogens with zero attached hydrogens (tertiary/aromatic N) is 2. The quantitative estimate of drug-likeness (QED) is 0.149. The number of ether oxygens (including phenoxy) is 3. The van der Waals surface area contributed by atoms with Crippen LogP contribution in [0.2, 0.25) is 0 Å². The molecule has 2 heterocycles. The molecule has 10 nitrogen and oxygen atoms in total. The maximum atomic E-state index is 12.3. The number of esters is 1. The second kappa shape index (κ2) is 15.2. The highest BCUT2D eigenvalue weighted by Gasteiger charge is 2.38. The van der Waals surface area contributed by atoms with Gasteiger partial charge in [0.1, 0.15) is 6.54 Å². The van der Waals surface area contributed by atoms with Crippen LogP contribution in [0.5, 0.6) is 0 Å². The van der Waals surface area contributed by atoms with Gasteiger partial charge in [0.25, 0.3) is 0 Å². The summed E-state index contributed by atoms with van der Waals surface area (Å²) in [7, 11) is 0. The van der Waals surface area contributed by atoms with Crippen molar-refractivity contribution in [3.63, 3.8) is 0 Å². The zero-order valence-electron chi connectivity index (χ0n) is 27.0. The van der Waals surface area contributed by atoms with Gasteiger partial charge in [-0.15, -0.1) is 0 Å². The van der Waals surface area contributed by atoms with E-state index in [1.807, 2.05) is 97.3 Å². The highest BCUT2D eigenvalue weighted by Crippen LogP contribution is 2.42. The number of carbonyl (C=O) groups is 2. The molecule has 1 saturated heterocycles. The van der Waals surface area contributed by atoms with Crippen molar-refractivity contribution in [3.05, 3.63) is 126 Å². The molecular formula is C38H40N4O6. The molecule has 2 amide bonds. The number of fused-ring (bicyclic) bond motifs is 1. The third kappa shape index (κ3) is 7.57. The van der Waals surface area contributed by atoms with Gasteiger partial charge in [0, 0.05) is 18.0 Å². The number of imidazole rings is 1. The Morgan fingerprint density at radius 1 is 0.896 bits per heavy atom. The molecule has 6 rings (SSSR count). The first-order valence-electron chi connectivity index (χ1n) is 16.2. The first-order valence-corrected chi connectivity index (χ1v) is 16.2. The third-order valence-corrected chi connectivity index (χ3v) is 8.68. The molecule has 4 atom stereocenters. The molecule has 48 heavy (non-hydrogen) atoms. The van der Waals surface area contributed by atoms with E-state index in [-0.39, 0.29) is 44.4 Å². The molecule has 0 radical (unpaired) electrons. The van der Waals surface area contributed by atoms with E-state index in [0.717, 1.165) is 44.4 Å². The van der Waals surface area contributed by atoms with Crippen molar-refractivity contribution in [2.45, 2.75) is 52.0 Å². The van der Waals surface area contributed by atoms with Gasteiger partial charge in [0.05, 0.1) is 49.3 Å². The van der Waals surface area contributed by atoms with Crippen LogP contribution in [0.1, 0.15) is 48.5 Å². The van der Waals surface area contributed by atoms with E-state index in [4.69, 9.17) is 14.2 Å². The lowest BCUT2D eigenvalue weighted by atomic mass is 9.90. The molecule has 4 aromatic carbocycles. The zero-order chi connectivity index (χ0) is 33.5. The highest BCUT2D eigenvalue weighted by atomic mass is 16.7. The van der Waals surface area contributed by atoms with Crippen LogP contribution in [-0.2, 0) is 38.7 Å². The lowest BCUT2D eigenvalue weighted by molar-refractivity contribution is -0.276. The molecule has 0 bridgehead atoms. The van der Waals surface area contributed by atoms with Gasteiger partial charge >= 0.3 is 12.0 Å². The van der Waals surface area contributed by atoms with Crippen molar-refractivity contribution < 1.29 is 28.9 Å². The molecule has 10 heteroatoms. The lowest BCUT2D eigenvalue weighted by Gasteiger charge is -2.41. The molecule has 1 fully saturated rings. The Kier molecular flexibility index (Phi) is 10.4. The number of para-hydroxylation sites is 2. The van der Waals surface area contributed by atoms with Crippen LogP contribution in [0.4, 0.5) is 4.79 Å². The van der Waals surface area contributed by atoms with Crippen LogP contribution in [0.25, 0.3) is 22.2 Å². The van der Waals surface area contributed by atoms with Gasteiger partial charge < -0.3 is 34.5 Å². The topological polar surface area (TPSA) is 124 Å². The average Bonchev–Trinajstić information content (AvgIpc) is 3.53. The van der Waals surface area contributed by atoms with E-state index >= 15 is 0 Å². The molecule has 1 aromatic heterocycles. The maximum absolute atomic E-state index is 12.3. The van der Waals surface area contributed by atoms with Crippen molar-refractivity contribution >= 4 is 23.0 Å². The van der Waals surface area contributed by atoms with E-state index in [1.165, 1.54) is 0 Å². The molecule has 1 aliphatic rings. The summed E-state index contributed by atoms with van der Waals surface area (Å²) in [4.78, 5) is 28.4. The number of benzene rings is 4. The van der Waals surface area contributed by atoms with Crippen molar-refractivity contribution in [1.82, 2.24) is 20.2 Å². The average molecular weight is 649 g/mol. The first kappa shape index (κ1) is 32.9. The van der Waals surface area contributed by atoms with Gasteiger partial charge in [-0.3, -0.25) is 4.79 Å². The Morgan fingerprint density at radius 3 is 2.40 bits per heavy atom. The predicted molar refractivity (Wildman–Crippen MR) is 181 cm³/mol.